The van der Waals surface area contributed by atoms with E-state index in [1.165, 1.54) is 16.7 Å². The summed E-state index contributed by atoms with van der Waals surface area (Å²) in [6, 6.07) is 4.32. The summed E-state index contributed by atoms with van der Waals surface area (Å²) < 4.78 is 5.59. The lowest BCUT2D eigenvalue weighted by atomic mass is 9.89. The average Bonchev–Trinajstić information content (AvgIpc) is 2.26. The summed E-state index contributed by atoms with van der Waals surface area (Å²) in [5.74, 6) is 1.83. The smallest absolute Gasteiger partial charge is 0.126 e. The third kappa shape index (κ3) is 2.38. The van der Waals surface area contributed by atoms with E-state index in [0.29, 0.717) is 18.4 Å². The number of ether oxygens (including phenoxy) is 1. The highest BCUT2D eigenvalue weighted by Crippen LogP contribution is 2.36. The van der Waals surface area contributed by atoms with Crippen molar-refractivity contribution in [3.63, 3.8) is 0 Å². The molecule has 1 aromatic rings. The Bertz CT molecular complexity index is 358. The second-order valence-electron chi connectivity index (χ2n) is 4.71. The molecule has 0 aliphatic rings. The van der Waals surface area contributed by atoms with E-state index in [2.05, 4.69) is 39.8 Å². The lowest BCUT2D eigenvalue weighted by Gasteiger charge is -2.21. The van der Waals surface area contributed by atoms with Gasteiger partial charge in [-0.1, -0.05) is 32.9 Å². The summed E-state index contributed by atoms with van der Waals surface area (Å²) in [6.45, 7) is 9.29. The fourth-order valence-electron chi connectivity index (χ4n) is 2.13. The zero-order valence-electron chi connectivity index (χ0n) is 11.0. The number of aryl methyl sites for hydroxylation is 1. The molecule has 1 unspecified atom stereocenters. The van der Waals surface area contributed by atoms with Crippen LogP contribution in [0.25, 0.3) is 0 Å². The van der Waals surface area contributed by atoms with Gasteiger partial charge in [-0.3, -0.25) is 0 Å². The number of hydrogen-bond donors (Lipinski definition) is 1. The topological polar surface area (TPSA) is 35.2 Å². The van der Waals surface area contributed by atoms with Crippen molar-refractivity contribution in [3.8, 4) is 5.75 Å². The van der Waals surface area contributed by atoms with Crippen LogP contribution >= 0.6 is 0 Å². The molecule has 2 nitrogen and oxygen atoms in total. The maximum absolute atomic E-state index is 5.77. The Morgan fingerprint density at radius 3 is 2.31 bits per heavy atom. The third-order valence-corrected chi connectivity index (χ3v) is 3.12. The molecule has 2 N–H and O–H groups in total. The molecule has 16 heavy (non-hydrogen) atoms. The van der Waals surface area contributed by atoms with Crippen LogP contribution in [0.15, 0.2) is 12.1 Å². The minimum Gasteiger partial charge on any atom is -0.496 e. The molecule has 0 amide bonds. The summed E-state index contributed by atoms with van der Waals surface area (Å²) >= 11 is 0. The quantitative estimate of drug-likeness (QED) is 0.847. The van der Waals surface area contributed by atoms with Gasteiger partial charge in [0.15, 0.2) is 0 Å². The number of benzene rings is 1. The minimum atomic E-state index is 0.341. The SMILES string of the molecule is COc1c(C(C)C)ccc(C)c1C(C)CN. The first-order chi connectivity index (χ1) is 7.52. The highest BCUT2D eigenvalue weighted by Gasteiger charge is 2.18. The monoisotopic (exact) mass is 221 g/mol. The summed E-state index contributed by atoms with van der Waals surface area (Å²) in [4.78, 5) is 0. The van der Waals surface area contributed by atoms with Crippen molar-refractivity contribution in [1.82, 2.24) is 0 Å². The molecule has 0 saturated carbocycles. The lowest BCUT2D eigenvalue weighted by molar-refractivity contribution is 0.399. The predicted octanol–water partition coefficient (Wildman–Crippen LogP) is 3.19. The van der Waals surface area contributed by atoms with Crippen LogP contribution in [0.4, 0.5) is 0 Å². The van der Waals surface area contributed by atoms with Crippen molar-refractivity contribution in [2.75, 3.05) is 13.7 Å². The van der Waals surface area contributed by atoms with Crippen molar-refractivity contribution in [1.29, 1.82) is 0 Å². The first-order valence-corrected chi connectivity index (χ1v) is 5.90. The zero-order valence-corrected chi connectivity index (χ0v) is 11.0. The largest absolute Gasteiger partial charge is 0.496 e. The van der Waals surface area contributed by atoms with Gasteiger partial charge in [0, 0.05) is 5.56 Å². The maximum Gasteiger partial charge on any atom is 0.126 e. The van der Waals surface area contributed by atoms with Crippen LogP contribution in [0, 0.1) is 6.92 Å². The Kier molecular flexibility index (Phi) is 4.36. The van der Waals surface area contributed by atoms with Crippen LogP contribution < -0.4 is 10.5 Å². The molecule has 0 fully saturated rings. The minimum absolute atomic E-state index is 0.341. The van der Waals surface area contributed by atoms with Gasteiger partial charge in [0.25, 0.3) is 0 Å². The van der Waals surface area contributed by atoms with Crippen molar-refractivity contribution in [2.45, 2.75) is 39.5 Å². The fraction of sp³-hybridized carbons (Fsp3) is 0.571. The second kappa shape index (κ2) is 5.35. The highest BCUT2D eigenvalue weighted by atomic mass is 16.5. The van der Waals surface area contributed by atoms with Gasteiger partial charge < -0.3 is 10.5 Å². The summed E-state index contributed by atoms with van der Waals surface area (Å²) in [7, 11) is 1.74. The van der Waals surface area contributed by atoms with Gasteiger partial charge in [0.05, 0.1) is 7.11 Å². The van der Waals surface area contributed by atoms with E-state index in [9.17, 15) is 0 Å². The first kappa shape index (κ1) is 13.0. The van der Waals surface area contributed by atoms with Crippen molar-refractivity contribution >= 4 is 0 Å². The van der Waals surface area contributed by atoms with E-state index in [0.717, 1.165) is 5.75 Å². The molecule has 0 aliphatic heterocycles. The van der Waals surface area contributed by atoms with Gasteiger partial charge in [-0.05, 0) is 36.4 Å². The van der Waals surface area contributed by atoms with Crippen LogP contribution in [0.1, 0.15) is 49.3 Å². The summed E-state index contributed by atoms with van der Waals surface area (Å²) in [5, 5.41) is 0. The molecule has 0 radical (unpaired) electrons. The normalized spacial score (nSPS) is 12.9. The highest BCUT2D eigenvalue weighted by molar-refractivity contribution is 5.49. The fourth-order valence-corrected chi connectivity index (χ4v) is 2.13. The molecule has 1 rings (SSSR count). The third-order valence-electron chi connectivity index (χ3n) is 3.12. The lowest BCUT2D eigenvalue weighted by Crippen LogP contribution is -2.12. The van der Waals surface area contributed by atoms with E-state index < -0.39 is 0 Å². The van der Waals surface area contributed by atoms with E-state index in [4.69, 9.17) is 10.5 Å². The van der Waals surface area contributed by atoms with Gasteiger partial charge in [-0.2, -0.15) is 0 Å². The van der Waals surface area contributed by atoms with Gasteiger partial charge in [0.1, 0.15) is 5.75 Å². The van der Waals surface area contributed by atoms with E-state index >= 15 is 0 Å². The van der Waals surface area contributed by atoms with Gasteiger partial charge in [0.2, 0.25) is 0 Å². The number of methoxy groups -OCH3 is 1. The Balaban J connectivity index is 3.38. The standard InChI is InChI=1S/C14H23NO/c1-9(2)12-7-6-10(3)13(11(4)8-15)14(12)16-5/h6-7,9,11H,8,15H2,1-5H3. The van der Waals surface area contributed by atoms with E-state index in [1.54, 1.807) is 7.11 Å². The van der Waals surface area contributed by atoms with E-state index in [-0.39, 0.29) is 0 Å². The van der Waals surface area contributed by atoms with Crippen molar-refractivity contribution in [2.24, 2.45) is 5.73 Å². The molecule has 0 spiro atoms. The Labute approximate surface area is 98.8 Å². The Morgan fingerprint density at radius 1 is 1.25 bits per heavy atom. The van der Waals surface area contributed by atoms with Crippen LogP contribution in [0.2, 0.25) is 0 Å². The van der Waals surface area contributed by atoms with Crippen LogP contribution in [0.5, 0.6) is 5.75 Å². The molecule has 2 heteroatoms. The molecule has 0 saturated heterocycles. The molecule has 1 aromatic carbocycles. The second-order valence-corrected chi connectivity index (χ2v) is 4.71. The molecular weight excluding hydrogens is 198 g/mol. The summed E-state index contributed by atoms with van der Waals surface area (Å²) in [6.07, 6.45) is 0. The molecule has 90 valence electrons. The zero-order chi connectivity index (χ0) is 12.3. The molecule has 0 aliphatic carbocycles. The van der Waals surface area contributed by atoms with Gasteiger partial charge in [-0.25, -0.2) is 0 Å². The molecule has 0 heterocycles. The van der Waals surface area contributed by atoms with Crippen LogP contribution in [0.3, 0.4) is 0 Å². The van der Waals surface area contributed by atoms with Gasteiger partial charge in [-0.15, -0.1) is 0 Å². The predicted molar refractivity (Wildman–Crippen MR) is 69.3 cm³/mol. The summed E-state index contributed by atoms with van der Waals surface area (Å²) in [5.41, 5.74) is 9.56. The Hall–Kier alpha value is -1.02. The number of rotatable bonds is 4. The Morgan fingerprint density at radius 2 is 1.88 bits per heavy atom. The van der Waals surface area contributed by atoms with Gasteiger partial charge >= 0.3 is 0 Å². The first-order valence-electron chi connectivity index (χ1n) is 5.90. The molecular formula is C14H23NO. The number of hydrogen-bond acceptors (Lipinski definition) is 2. The maximum atomic E-state index is 5.77. The average molecular weight is 221 g/mol. The molecule has 1 atom stereocenters. The molecule has 0 aromatic heterocycles. The van der Waals surface area contributed by atoms with E-state index in [1.807, 2.05) is 0 Å². The van der Waals surface area contributed by atoms with Crippen molar-refractivity contribution < 1.29 is 4.74 Å². The van der Waals surface area contributed by atoms with Crippen molar-refractivity contribution in [3.05, 3.63) is 28.8 Å². The molecule has 0 bridgehead atoms. The number of nitrogens with two attached hydrogens (primary N) is 1. The van der Waals surface area contributed by atoms with Crippen LogP contribution in [-0.4, -0.2) is 13.7 Å². The van der Waals surface area contributed by atoms with Crippen LogP contribution in [-0.2, 0) is 0 Å².